The van der Waals surface area contributed by atoms with Crippen LogP contribution in [0, 0.1) is 5.92 Å². The first-order chi connectivity index (χ1) is 10.1. The van der Waals surface area contributed by atoms with E-state index >= 15 is 0 Å². The SMILES string of the molecule is CCOC(=O)CN(CCOCC(C)C)Cc1ccccc1. The molecule has 21 heavy (non-hydrogen) atoms. The van der Waals surface area contributed by atoms with Crippen LogP contribution in [-0.2, 0) is 20.8 Å². The molecule has 4 heteroatoms. The van der Waals surface area contributed by atoms with Crippen molar-refractivity contribution in [2.45, 2.75) is 27.3 Å². The second-order valence-electron chi connectivity index (χ2n) is 5.47. The van der Waals surface area contributed by atoms with E-state index in [2.05, 4.69) is 30.9 Å². The van der Waals surface area contributed by atoms with Crippen molar-refractivity contribution in [1.29, 1.82) is 0 Å². The Morgan fingerprint density at radius 3 is 2.57 bits per heavy atom. The van der Waals surface area contributed by atoms with Gasteiger partial charge in [-0.15, -0.1) is 0 Å². The number of hydrogen-bond acceptors (Lipinski definition) is 4. The lowest BCUT2D eigenvalue weighted by molar-refractivity contribution is -0.144. The Bertz CT molecular complexity index is 392. The molecule has 1 rings (SSSR count). The van der Waals surface area contributed by atoms with E-state index in [1.54, 1.807) is 0 Å². The summed E-state index contributed by atoms with van der Waals surface area (Å²) in [4.78, 5) is 13.7. The van der Waals surface area contributed by atoms with Crippen molar-refractivity contribution in [3.05, 3.63) is 35.9 Å². The molecule has 0 N–H and O–H groups in total. The Labute approximate surface area is 128 Å². The minimum Gasteiger partial charge on any atom is -0.465 e. The second-order valence-corrected chi connectivity index (χ2v) is 5.47. The fourth-order valence-electron chi connectivity index (χ4n) is 1.96. The summed E-state index contributed by atoms with van der Waals surface area (Å²) in [6.45, 7) is 9.62. The van der Waals surface area contributed by atoms with E-state index in [9.17, 15) is 4.79 Å². The summed E-state index contributed by atoms with van der Waals surface area (Å²) in [5.41, 5.74) is 1.19. The van der Waals surface area contributed by atoms with Crippen molar-refractivity contribution in [2.75, 3.05) is 32.9 Å². The van der Waals surface area contributed by atoms with Crippen molar-refractivity contribution in [3.63, 3.8) is 0 Å². The number of esters is 1. The van der Waals surface area contributed by atoms with Gasteiger partial charge < -0.3 is 9.47 Å². The first kappa shape index (κ1) is 17.7. The van der Waals surface area contributed by atoms with Gasteiger partial charge in [-0.2, -0.15) is 0 Å². The molecule has 118 valence electrons. The van der Waals surface area contributed by atoms with E-state index in [0.29, 0.717) is 25.7 Å². The molecule has 0 atom stereocenters. The molecule has 0 saturated carbocycles. The van der Waals surface area contributed by atoms with E-state index in [1.165, 1.54) is 5.56 Å². The maximum absolute atomic E-state index is 11.7. The average molecular weight is 293 g/mol. The van der Waals surface area contributed by atoms with Crippen LogP contribution in [0.15, 0.2) is 30.3 Å². The fourth-order valence-corrected chi connectivity index (χ4v) is 1.96. The van der Waals surface area contributed by atoms with E-state index in [4.69, 9.17) is 9.47 Å². The van der Waals surface area contributed by atoms with Crippen LogP contribution < -0.4 is 0 Å². The number of nitrogens with zero attached hydrogens (tertiary/aromatic N) is 1. The molecule has 0 aliphatic rings. The molecule has 0 bridgehead atoms. The Morgan fingerprint density at radius 2 is 1.95 bits per heavy atom. The smallest absolute Gasteiger partial charge is 0.320 e. The molecule has 0 aliphatic carbocycles. The Hall–Kier alpha value is -1.39. The molecule has 1 aromatic carbocycles. The van der Waals surface area contributed by atoms with Gasteiger partial charge in [-0.25, -0.2) is 0 Å². The number of rotatable bonds is 10. The summed E-state index contributed by atoms with van der Waals surface area (Å²) >= 11 is 0. The zero-order valence-corrected chi connectivity index (χ0v) is 13.4. The van der Waals surface area contributed by atoms with Gasteiger partial charge in [-0.3, -0.25) is 9.69 Å². The highest BCUT2D eigenvalue weighted by Gasteiger charge is 2.12. The molecular weight excluding hydrogens is 266 g/mol. The molecule has 0 aliphatic heterocycles. The van der Waals surface area contributed by atoms with Crippen LogP contribution in [0.1, 0.15) is 26.3 Å². The molecule has 0 aromatic heterocycles. The molecule has 0 amide bonds. The molecular formula is C17H27NO3. The van der Waals surface area contributed by atoms with Gasteiger partial charge in [0.15, 0.2) is 0 Å². The number of hydrogen-bond donors (Lipinski definition) is 0. The quantitative estimate of drug-likeness (QED) is 0.491. The van der Waals surface area contributed by atoms with Crippen LogP contribution in [0.2, 0.25) is 0 Å². The van der Waals surface area contributed by atoms with Gasteiger partial charge in [0.05, 0.1) is 19.8 Å². The molecule has 0 fully saturated rings. The van der Waals surface area contributed by atoms with E-state index in [1.807, 2.05) is 25.1 Å². The molecule has 0 saturated heterocycles. The van der Waals surface area contributed by atoms with Crippen LogP contribution in [0.3, 0.4) is 0 Å². The van der Waals surface area contributed by atoms with Gasteiger partial charge in [0.2, 0.25) is 0 Å². The minimum absolute atomic E-state index is 0.183. The van der Waals surface area contributed by atoms with Crippen molar-refractivity contribution >= 4 is 5.97 Å². The predicted octanol–water partition coefficient (Wildman–Crippen LogP) is 2.72. The molecule has 4 nitrogen and oxygen atoms in total. The van der Waals surface area contributed by atoms with Gasteiger partial charge >= 0.3 is 5.97 Å². The fraction of sp³-hybridized carbons (Fsp3) is 0.588. The Kier molecular flexibility index (Phi) is 8.71. The lowest BCUT2D eigenvalue weighted by atomic mass is 10.2. The van der Waals surface area contributed by atoms with Crippen molar-refractivity contribution in [1.82, 2.24) is 4.90 Å². The van der Waals surface area contributed by atoms with Gasteiger partial charge in [0, 0.05) is 19.7 Å². The lowest BCUT2D eigenvalue weighted by Gasteiger charge is -2.21. The summed E-state index contributed by atoms with van der Waals surface area (Å²) in [7, 11) is 0. The molecule has 0 spiro atoms. The van der Waals surface area contributed by atoms with Crippen molar-refractivity contribution < 1.29 is 14.3 Å². The van der Waals surface area contributed by atoms with Gasteiger partial charge in [0.25, 0.3) is 0 Å². The monoisotopic (exact) mass is 293 g/mol. The maximum Gasteiger partial charge on any atom is 0.320 e. The van der Waals surface area contributed by atoms with Crippen molar-refractivity contribution in [2.24, 2.45) is 5.92 Å². The minimum atomic E-state index is -0.183. The van der Waals surface area contributed by atoms with Gasteiger partial charge in [-0.05, 0) is 18.4 Å². The van der Waals surface area contributed by atoms with Crippen LogP contribution >= 0.6 is 0 Å². The Balaban J connectivity index is 2.47. The standard InChI is InChI=1S/C17H27NO3/c1-4-21-17(19)13-18(10-11-20-14-15(2)3)12-16-8-6-5-7-9-16/h5-9,15H,4,10-14H2,1-3H3. The third-order valence-electron chi connectivity index (χ3n) is 2.91. The zero-order chi connectivity index (χ0) is 15.5. The number of carbonyl (C=O) groups is 1. The topological polar surface area (TPSA) is 38.8 Å². The third kappa shape index (κ3) is 8.48. The van der Waals surface area contributed by atoms with Crippen molar-refractivity contribution in [3.8, 4) is 0 Å². The molecule has 0 heterocycles. The molecule has 1 aromatic rings. The number of benzene rings is 1. The van der Waals surface area contributed by atoms with Crippen LogP contribution in [-0.4, -0.2) is 43.8 Å². The highest BCUT2D eigenvalue weighted by molar-refractivity contribution is 5.71. The summed E-state index contributed by atoms with van der Waals surface area (Å²) in [5.74, 6) is 0.343. The zero-order valence-electron chi connectivity index (χ0n) is 13.4. The first-order valence-corrected chi connectivity index (χ1v) is 7.61. The Morgan fingerprint density at radius 1 is 1.24 bits per heavy atom. The number of carbonyl (C=O) groups excluding carboxylic acids is 1. The van der Waals surface area contributed by atoms with Crippen LogP contribution in [0.25, 0.3) is 0 Å². The van der Waals surface area contributed by atoms with Gasteiger partial charge in [-0.1, -0.05) is 44.2 Å². The highest BCUT2D eigenvalue weighted by Crippen LogP contribution is 2.05. The van der Waals surface area contributed by atoms with Crippen LogP contribution in [0.5, 0.6) is 0 Å². The molecule has 0 radical (unpaired) electrons. The molecule has 0 unspecified atom stereocenters. The van der Waals surface area contributed by atoms with Crippen LogP contribution in [0.4, 0.5) is 0 Å². The van der Waals surface area contributed by atoms with E-state index in [0.717, 1.165) is 19.7 Å². The average Bonchev–Trinajstić information content (AvgIpc) is 2.44. The lowest BCUT2D eigenvalue weighted by Crippen LogP contribution is -2.33. The number of ether oxygens (including phenoxy) is 2. The summed E-state index contributed by atoms with van der Waals surface area (Å²) in [5, 5.41) is 0. The largest absolute Gasteiger partial charge is 0.465 e. The highest BCUT2D eigenvalue weighted by atomic mass is 16.5. The first-order valence-electron chi connectivity index (χ1n) is 7.61. The summed E-state index contributed by atoms with van der Waals surface area (Å²) < 4.78 is 10.6. The predicted molar refractivity (Wildman–Crippen MR) is 84.0 cm³/mol. The van der Waals surface area contributed by atoms with E-state index in [-0.39, 0.29) is 5.97 Å². The summed E-state index contributed by atoms with van der Waals surface area (Å²) in [6.07, 6.45) is 0. The second kappa shape index (κ2) is 10.4. The third-order valence-corrected chi connectivity index (χ3v) is 2.91. The summed E-state index contributed by atoms with van der Waals surface area (Å²) in [6, 6.07) is 10.1. The van der Waals surface area contributed by atoms with Gasteiger partial charge in [0.1, 0.15) is 0 Å². The maximum atomic E-state index is 11.7. The van der Waals surface area contributed by atoms with E-state index < -0.39 is 0 Å². The normalized spacial score (nSPS) is 11.1.